The first-order valence-corrected chi connectivity index (χ1v) is 7.98. The van der Waals surface area contributed by atoms with Gasteiger partial charge in [-0.2, -0.15) is 0 Å². The summed E-state index contributed by atoms with van der Waals surface area (Å²) in [5.41, 5.74) is 2.67. The van der Waals surface area contributed by atoms with Crippen molar-refractivity contribution in [2.45, 2.75) is 31.8 Å². The fraction of sp³-hybridized carbons (Fsp3) is 0.368. The highest BCUT2D eigenvalue weighted by Gasteiger charge is 2.16. The van der Waals surface area contributed by atoms with E-state index in [1.807, 2.05) is 0 Å². The Morgan fingerprint density at radius 2 is 1.57 bits per heavy atom. The molecule has 0 radical (unpaired) electrons. The first-order chi connectivity index (χ1) is 10.4. The van der Waals surface area contributed by atoms with Gasteiger partial charge in [-0.25, -0.2) is 0 Å². The summed E-state index contributed by atoms with van der Waals surface area (Å²) in [4.78, 5) is 2.59. The van der Waals surface area contributed by atoms with Gasteiger partial charge in [-0.1, -0.05) is 48.5 Å². The summed E-state index contributed by atoms with van der Waals surface area (Å²) in [7, 11) is 0. The van der Waals surface area contributed by atoms with Gasteiger partial charge in [0.1, 0.15) is 0 Å². The van der Waals surface area contributed by atoms with Gasteiger partial charge in [-0.15, -0.1) is 0 Å². The lowest BCUT2D eigenvalue weighted by Gasteiger charge is -2.21. The van der Waals surface area contributed by atoms with E-state index in [9.17, 15) is 0 Å². The van der Waals surface area contributed by atoms with E-state index in [2.05, 4.69) is 70.9 Å². The third-order valence-electron chi connectivity index (χ3n) is 4.21. The molecule has 0 aromatic heterocycles. The van der Waals surface area contributed by atoms with E-state index in [1.54, 1.807) is 0 Å². The second kappa shape index (κ2) is 7.28. The Bertz CT molecular complexity index is 474. The molecule has 2 heteroatoms. The van der Waals surface area contributed by atoms with Gasteiger partial charge in [0.15, 0.2) is 0 Å². The van der Waals surface area contributed by atoms with Gasteiger partial charge in [0.2, 0.25) is 0 Å². The van der Waals surface area contributed by atoms with Gasteiger partial charge in [-0.05, 0) is 43.5 Å². The molecule has 21 heavy (non-hydrogen) atoms. The van der Waals surface area contributed by atoms with Gasteiger partial charge in [-0.3, -0.25) is 4.90 Å². The zero-order chi connectivity index (χ0) is 14.3. The average molecular weight is 280 g/mol. The smallest absolute Gasteiger partial charge is 0.0342 e. The zero-order valence-electron chi connectivity index (χ0n) is 12.5. The van der Waals surface area contributed by atoms with Crippen LogP contribution >= 0.6 is 0 Å². The monoisotopic (exact) mass is 280 g/mol. The fourth-order valence-electron chi connectivity index (χ4n) is 3.07. The summed E-state index contributed by atoms with van der Waals surface area (Å²) in [5.74, 6) is 0. The molecule has 3 rings (SSSR count). The molecule has 1 aliphatic rings. The van der Waals surface area contributed by atoms with Crippen LogP contribution in [0.1, 0.15) is 24.8 Å². The molecule has 1 atom stereocenters. The Kier molecular flexibility index (Phi) is 4.90. The number of likely N-dealkylation sites (tertiary alicyclic amines) is 1. The molecule has 0 amide bonds. The molecule has 2 nitrogen and oxygen atoms in total. The number of nitrogens with one attached hydrogen (secondary N) is 1. The van der Waals surface area contributed by atoms with Crippen LogP contribution < -0.4 is 5.32 Å². The van der Waals surface area contributed by atoms with Crippen LogP contribution in [0.5, 0.6) is 0 Å². The third kappa shape index (κ3) is 4.33. The van der Waals surface area contributed by atoms with Crippen LogP contribution in [0.2, 0.25) is 0 Å². The van der Waals surface area contributed by atoms with E-state index >= 15 is 0 Å². The number of anilines is 1. The maximum absolute atomic E-state index is 3.68. The van der Waals surface area contributed by atoms with E-state index < -0.39 is 0 Å². The predicted octanol–water partition coefficient (Wildman–Crippen LogP) is 4.15. The summed E-state index contributed by atoms with van der Waals surface area (Å²) in [5, 5.41) is 3.68. The predicted molar refractivity (Wildman–Crippen MR) is 89.4 cm³/mol. The topological polar surface area (TPSA) is 15.3 Å². The van der Waals surface area contributed by atoms with Crippen LogP contribution in [0.15, 0.2) is 60.7 Å². The molecular formula is C19H24N2. The molecule has 2 aromatic rings. The van der Waals surface area contributed by atoms with Crippen molar-refractivity contribution in [3.63, 3.8) is 0 Å². The third-order valence-corrected chi connectivity index (χ3v) is 4.21. The number of benzene rings is 2. The lowest BCUT2D eigenvalue weighted by Crippen LogP contribution is -2.26. The lowest BCUT2D eigenvalue weighted by molar-refractivity contribution is 0.276. The number of rotatable bonds is 4. The van der Waals surface area contributed by atoms with Crippen molar-refractivity contribution in [3.05, 3.63) is 66.2 Å². The van der Waals surface area contributed by atoms with E-state index in [-0.39, 0.29) is 0 Å². The number of para-hydroxylation sites is 1. The zero-order valence-corrected chi connectivity index (χ0v) is 12.5. The molecule has 1 N–H and O–H groups in total. The van der Waals surface area contributed by atoms with Crippen molar-refractivity contribution in [1.29, 1.82) is 0 Å². The van der Waals surface area contributed by atoms with Gasteiger partial charge < -0.3 is 5.32 Å². The Hall–Kier alpha value is -1.80. The second-order valence-corrected chi connectivity index (χ2v) is 5.90. The molecule has 1 aliphatic heterocycles. The Balaban J connectivity index is 1.52. The van der Waals surface area contributed by atoms with Crippen molar-refractivity contribution in [2.75, 3.05) is 18.4 Å². The fourth-order valence-corrected chi connectivity index (χ4v) is 3.07. The summed E-state index contributed by atoms with van der Waals surface area (Å²) in [6.07, 6.45) is 3.76. The molecule has 0 spiro atoms. The average Bonchev–Trinajstić information content (AvgIpc) is 2.75. The maximum Gasteiger partial charge on any atom is 0.0342 e. The van der Waals surface area contributed by atoms with Crippen LogP contribution in [0.3, 0.4) is 0 Å². The maximum atomic E-state index is 3.68. The molecule has 2 aromatic carbocycles. The molecule has 0 bridgehead atoms. The standard InChI is InChI=1S/C19H24N2/c1-3-8-17(9-4-1)16-21-14-7-12-19(13-15-21)20-18-10-5-2-6-11-18/h1-6,8-11,19-20H,7,12-16H2/t19-/m1/s1. The summed E-state index contributed by atoms with van der Waals surface area (Å²) in [6, 6.07) is 22.0. The van der Waals surface area contributed by atoms with Gasteiger partial charge in [0, 0.05) is 24.8 Å². The summed E-state index contributed by atoms with van der Waals surface area (Å²) >= 11 is 0. The Labute approximate surface area is 127 Å². The summed E-state index contributed by atoms with van der Waals surface area (Å²) in [6.45, 7) is 3.47. The van der Waals surface area contributed by atoms with E-state index in [0.29, 0.717) is 6.04 Å². The van der Waals surface area contributed by atoms with Crippen LogP contribution in [-0.4, -0.2) is 24.0 Å². The van der Waals surface area contributed by atoms with Crippen molar-refractivity contribution >= 4 is 5.69 Å². The van der Waals surface area contributed by atoms with Crippen LogP contribution in [0.25, 0.3) is 0 Å². The quantitative estimate of drug-likeness (QED) is 0.905. The van der Waals surface area contributed by atoms with Crippen LogP contribution in [0.4, 0.5) is 5.69 Å². The van der Waals surface area contributed by atoms with Crippen molar-refractivity contribution < 1.29 is 0 Å². The van der Waals surface area contributed by atoms with Gasteiger partial charge >= 0.3 is 0 Å². The van der Waals surface area contributed by atoms with Crippen molar-refractivity contribution in [3.8, 4) is 0 Å². The Morgan fingerprint density at radius 1 is 0.857 bits per heavy atom. The lowest BCUT2D eigenvalue weighted by atomic mass is 10.1. The number of hydrogen-bond donors (Lipinski definition) is 1. The van der Waals surface area contributed by atoms with E-state index in [4.69, 9.17) is 0 Å². The van der Waals surface area contributed by atoms with E-state index in [0.717, 1.165) is 6.54 Å². The second-order valence-electron chi connectivity index (χ2n) is 5.90. The minimum absolute atomic E-state index is 0.605. The first-order valence-electron chi connectivity index (χ1n) is 7.98. The number of hydrogen-bond acceptors (Lipinski definition) is 2. The van der Waals surface area contributed by atoms with Crippen LogP contribution in [0, 0.1) is 0 Å². The molecule has 1 heterocycles. The number of nitrogens with zero attached hydrogens (tertiary/aromatic N) is 1. The highest BCUT2D eigenvalue weighted by Crippen LogP contribution is 2.18. The highest BCUT2D eigenvalue weighted by molar-refractivity contribution is 5.43. The first kappa shape index (κ1) is 14.2. The molecule has 110 valence electrons. The molecule has 1 fully saturated rings. The Morgan fingerprint density at radius 3 is 2.33 bits per heavy atom. The van der Waals surface area contributed by atoms with E-state index in [1.165, 1.54) is 43.6 Å². The van der Waals surface area contributed by atoms with Crippen LogP contribution in [-0.2, 0) is 6.54 Å². The molecule has 0 unspecified atom stereocenters. The van der Waals surface area contributed by atoms with Gasteiger partial charge in [0.25, 0.3) is 0 Å². The molecule has 0 saturated carbocycles. The molecule has 1 saturated heterocycles. The van der Waals surface area contributed by atoms with Crippen molar-refractivity contribution in [1.82, 2.24) is 4.90 Å². The van der Waals surface area contributed by atoms with Gasteiger partial charge in [0.05, 0.1) is 0 Å². The molecular weight excluding hydrogens is 256 g/mol. The normalized spacial score (nSPS) is 19.9. The highest BCUT2D eigenvalue weighted by atomic mass is 15.1. The molecule has 0 aliphatic carbocycles. The summed E-state index contributed by atoms with van der Waals surface area (Å²) < 4.78 is 0. The minimum atomic E-state index is 0.605. The largest absolute Gasteiger partial charge is 0.382 e. The van der Waals surface area contributed by atoms with Crippen molar-refractivity contribution in [2.24, 2.45) is 0 Å². The minimum Gasteiger partial charge on any atom is -0.382 e. The SMILES string of the molecule is c1ccc(CN2CCC[C@@H](Nc3ccccc3)CC2)cc1.